The van der Waals surface area contributed by atoms with Crippen LogP contribution in [0, 0.1) is 5.92 Å². The average molecular weight is 281 g/mol. The van der Waals surface area contributed by atoms with Crippen molar-refractivity contribution in [1.82, 2.24) is 0 Å². The first-order valence-electron chi connectivity index (χ1n) is 7.33. The number of hydrogen-bond acceptors (Lipinski definition) is 2. The van der Waals surface area contributed by atoms with E-state index in [1.54, 1.807) is 0 Å². The van der Waals surface area contributed by atoms with Gasteiger partial charge in [0, 0.05) is 18.2 Å². The molecule has 2 aromatic carbocycles. The zero-order valence-corrected chi connectivity index (χ0v) is 11.8. The van der Waals surface area contributed by atoms with Crippen molar-refractivity contribution in [2.75, 3.05) is 11.9 Å². The summed E-state index contributed by atoms with van der Waals surface area (Å²) in [6, 6.07) is 17.9. The fourth-order valence-corrected chi connectivity index (χ4v) is 2.67. The number of carbonyl (C=O) groups excluding carboxylic acids is 1. The van der Waals surface area contributed by atoms with Crippen molar-refractivity contribution < 1.29 is 9.90 Å². The average Bonchev–Trinajstić information content (AvgIpc) is 3.31. The van der Waals surface area contributed by atoms with Crippen LogP contribution in [0.2, 0.25) is 0 Å². The summed E-state index contributed by atoms with van der Waals surface area (Å²) in [6.45, 7) is 0.145. The van der Waals surface area contributed by atoms with Crippen LogP contribution < -0.4 is 5.32 Å². The molecular weight excluding hydrogens is 262 g/mol. The maximum atomic E-state index is 12.2. The third-order valence-corrected chi connectivity index (χ3v) is 3.98. The molecule has 0 bridgehead atoms. The third-order valence-electron chi connectivity index (χ3n) is 3.98. The quantitative estimate of drug-likeness (QED) is 0.885. The molecule has 3 nitrogen and oxygen atoms in total. The van der Waals surface area contributed by atoms with E-state index < -0.39 is 0 Å². The van der Waals surface area contributed by atoms with E-state index in [0.29, 0.717) is 12.3 Å². The topological polar surface area (TPSA) is 49.3 Å². The minimum Gasteiger partial charge on any atom is -0.396 e. The van der Waals surface area contributed by atoms with Gasteiger partial charge in [0.05, 0.1) is 0 Å². The second-order valence-corrected chi connectivity index (χ2v) is 5.52. The van der Waals surface area contributed by atoms with Crippen LogP contribution in [0.25, 0.3) is 0 Å². The Morgan fingerprint density at radius 1 is 1.10 bits per heavy atom. The SMILES string of the molecule is O=C(Nc1ccc(CCO)cc1)[C@@H]1C[C@@H]1c1ccccc1. The molecular formula is C18H19NO2. The van der Waals surface area contributed by atoms with E-state index in [9.17, 15) is 4.79 Å². The van der Waals surface area contributed by atoms with Crippen molar-refractivity contribution in [3.63, 3.8) is 0 Å². The smallest absolute Gasteiger partial charge is 0.228 e. The molecule has 0 radical (unpaired) electrons. The molecule has 1 amide bonds. The van der Waals surface area contributed by atoms with Gasteiger partial charge in [-0.1, -0.05) is 42.5 Å². The van der Waals surface area contributed by atoms with Gasteiger partial charge in [0.15, 0.2) is 0 Å². The Bertz CT molecular complexity index is 607. The molecule has 2 aromatic rings. The second-order valence-electron chi connectivity index (χ2n) is 5.52. The number of nitrogens with one attached hydrogen (secondary N) is 1. The van der Waals surface area contributed by atoms with Crippen LogP contribution in [0.1, 0.15) is 23.5 Å². The van der Waals surface area contributed by atoms with Gasteiger partial charge in [0.2, 0.25) is 5.91 Å². The predicted molar refractivity (Wildman–Crippen MR) is 83.2 cm³/mol. The Labute approximate surface area is 124 Å². The lowest BCUT2D eigenvalue weighted by Gasteiger charge is -2.06. The molecule has 3 heteroatoms. The summed E-state index contributed by atoms with van der Waals surface area (Å²) in [5.74, 6) is 0.545. The highest BCUT2D eigenvalue weighted by Crippen LogP contribution is 2.47. The molecule has 2 atom stereocenters. The molecule has 0 spiro atoms. The number of rotatable bonds is 5. The van der Waals surface area contributed by atoms with Crippen LogP contribution in [0.4, 0.5) is 5.69 Å². The van der Waals surface area contributed by atoms with Gasteiger partial charge in [-0.25, -0.2) is 0 Å². The van der Waals surface area contributed by atoms with Crippen LogP contribution in [-0.2, 0) is 11.2 Å². The number of carbonyl (C=O) groups is 1. The molecule has 0 heterocycles. The molecule has 2 N–H and O–H groups in total. The minimum absolute atomic E-state index is 0.0875. The first-order valence-corrected chi connectivity index (χ1v) is 7.33. The van der Waals surface area contributed by atoms with Crippen molar-refractivity contribution in [3.8, 4) is 0 Å². The zero-order chi connectivity index (χ0) is 14.7. The van der Waals surface area contributed by atoms with Gasteiger partial charge in [0.1, 0.15) is 0 Å². The maximum absolute atomic E-state index is 12.2. The van der Waals surface area contributed by atoms with Crippen LogP contribution >= 0.6 is 0 Å². The van der Waals surface area contributed by atoms with Crippen molar-refractivity contribution in [2.45, 2.75) is 18.8 Å². The first-order chi connectivity index (χ1) is 10.3. The van der Waals surface area contributed by atoms with Gasteiger partial charge >= 0.3 is 0 Å². The maximum Gasteiger partial charge on any atom is 0.228 e. The molecule has 0 aliphatic heterocycles. The molecule has 108 valence electrons. The summed E-state index contributed by atoms with van der Waals surface area (Å²) < 4.78 is 0. The second kappa shape index (κ2) is 6.10. The number of hydrogen-bond donors (Lipinski definition) is 2. The summed E-state index contributed by atoms with van der Waals surface area (Å²) in [5.41, 5.74) is 3.14. The molecule has 0 saturated heterocycles. The van der Waals surface area contributed by atoms with Gasteiger partial charge in [-0.05, 0) is 42.0 Å². The summed E-state index contributed by atoms with van der Waals surface area (Å²) in [7, 11) is 0. The monoisotopic (exact) mass is 281 g/mol. The zero-order valence-electron chi connectivity index (χ0n) is 11.8. The van der Waals surface area contributed by atoms with Crippen LogP contribution in [0.15, 0.2) is 54.6 Å². The highest BCUT2D eigenvalue weighted by molar-refractivity contribution is 5.95. The molecule has 21 heavy (non-hydrogen) atoms. The summed E-state index contributed by atoms with van der Waals surface area (Å²) in [4.78, 5) is 12.2. The number of benzene rings is 2. The van der Waals surface area contributed by atoms with E-state index in [4.69, 9.17) is 5.11 Å². The number of aliphatic hydroxyl groups is 1. The fourth-order valence-electron chi connectivity index (χ4n) is 2.67. The molecule has 1 aliphatic rings. The molecule has 0 unspecified atom stereocenters. The third kappa shape index (κ3) is 3.31. The van der Waals surface area contributed by atoms with Gasteiger partial charge in [-0.15, -0.1) is 0 Å². The lowest BCUT2D eigenvalue weighted by atomic mass is 10.1. The number of anilines is 1. The van der Waals surface area contributed by atoms with Gasteiger partial charge in [-0.2, -0.15) is 0 Å². The molecule has 0 aromatic heterocycles. The Kier molecular flexibility index (Phi) is 4.02. The largest absolute Gasteiger partial charge is 0.396 e. The van der Waals surface area contributed by atoms with E-state index in [-0.39, 0.29) is 18.4 Å². The van der Waals surface area contributed by atoms with Crippen molar-refractivity contribution in [1.29, 1.82) is 0 Å². The fraction of sp³-hybridized carbons (Fsp3) is 0.278. The van der Waals surface area contributed by atoms with Crippen molar-refractivity contribution in [3.05, 3.63) is 65.7 Å². The molecule has 1 fully saturated rings. The van der Waals surface area contributed by atoms with E-state index >= 15 is 0 Å². The minimum atomic E-state index is 0.0875. The van der Waals surface area contributed by atoms with E-state index in [0.717, 1.165) is 17.7 Å². The van der Waals surface area contributed by atoms with E-state index in [2.05, 4.69) is 17.4 Å². The summed E-state index contributed by atoms with van der Waals surface area (Å²) in [6.07, 6.45) is 1.57. The summed E-state index contributed by atoms with van der Waals surface area (Å²) >= 11 is 0. The first kappa shape index (κ1) is 13.8. The van der Waals surface area contributed by atoms with Crippen molar-refractivity contribution in [2.24, 2.45) is 5.92 Å². The predicted octanol–water partition coefficient (Wildman–Crippen LogP) is 2.96. The lowest BCUT2D eigenvalue weighted by Crippen LogP contribution is -2.14. The van der Waals surface area contributed by atoms with Crippen LogP contribution in [0.5, 0.6) is 0 Å². The summed E-state index contributed by atoms with van der Waals surface area (Å²) in [5, 5.41) is 11.9. The normalized spacial score (nSPS) is 20.0. The van der Waals surface area contributed by atoms with Crippen LogP contribution in [0.3, 0.4) is 0 Å². The number of aliphatic hydroxyl groups excluding tert-OH is 1. The standard InChI is InChI=1S/C18H19NO2/c20-11-10-13-6-8-15(9-7-13)19-18(21)17-12-16(17)14-4-2-1-3-5-14/h1-9,16-17,20H,10-12H2,(H,19,21)/t16-,17-/m1/s1. The Morgan fingerprint density at radius 2 is 1.81 bits per heavy atom. The lowest BCUT2D eigenvalue weighted by molar-refractivity contribution is -0.117. The molecule has 1 aliphatic carbocycles. The highest BCUT2D eigenvalue weighted by Gasteiger charge is 2.43. The van der Waals surface area contributed by atoms with Crippen molar-refractivity contribution >= 4 is 11.6 Å². The van der Waals surface area contributed by atoms with Gasteiger partial charge in [-0.3, -0.25) is 4.79 Å². The Balaban J connectivity index is 1.58. The number of amides is 1. The highest BCUT2D eigenvalue weighted by atomic mass is 16.2. The Hall–Kier alpha value is -2.13. The molecule has 3 rings (SSSR count). The van der Waals surface area contributed by atoms with Gasteiger partial charge < -0.3 is 10.4 Å². The Morgan fingerprint density at radius 3 is 2.48 bits per heavy atom. The van der Waals surface area contributed by atoms with E-state index in [1.165, 1.54) is 5.56 Å². The van der Waals surface area contributed by atoms with E-state index in [1.807, 2.05) is 42.5 Å². The molecule has 1 saturated carbocycles. The van der Waals surface area contributed by atoms with Gasteiger partial charge in [0.25, 0.3) is 0 Å². The van der Waals surface area contributed by atoms with Crippen LogP contribution in [-0.4, -0.2) is 17.6 Å².